The molecule has 0 aliphatic carbocycles. The van der Waals surface area contributed by atoms with Crippen LogP contribution in [0.4, 0.5) is 5.69 Å². The Morgan fingerprint density at radius 1 is 1.17 bits per heavy atom. The molecule has 0 fully saturated rings. The van der Waals surface area contributed by atoms with Gasteiger partial charge in [-0.25, -0.2) is 13.2 Å². The van der Waals surface area contributed by atoms with Crippen LogP contribution in [0.25, 0.3) is 0 Å². The summed E-state index contributed by atoms with van der Waals surface area (Å²) in [6.07, 6.45) is 0. The first-order chi connectivity index (χ1) is 14.1. The highest BCUT2D eigenvalue weighted by atomic mass is 35.5. The van der Waals surface area contributed by atoms with Gasteiger partial charge in [0.1, 0.15) is 9.90 Å². The molecular weight excluding hydrogens is 460 g/mol. The molecular formula is C17H19ClN2O8S2. The van der Waals surface area contributed by atoms with Gasteiger partial charge in [-0.1, -0.05) is 11.6 Å². The van der Waals surface area contributed by atoms with Crippen molar-refractivity contribution < 1.29 is 37.3 Å². The first-order valence-corrected chi connectivity index (χ1v) is 10.8. The summed E-state index contributed by atoms with van der Waals surface area (Å²) in [7, 11) is 1.15. The van der Waals surface area contributed by atoms with Crippen molar-refractivity contribution in [3.05, 3.63) is 28.1 Å². The van der Waals surface area contributed by atoms with Gasteiger partial charge >= 0.3 is 5.97 Å². The quantitative estimate of drug-likeness (QED) is 0.561. The predicted molar refractivity (Wildman–Crippen MR) is 111 cm³/mol. The fraction of sp³-hybridized carbons (Fsp3) is 0.294. The molecule has 0 unspecified atom stereocenters. The smallest absolute Gasteiger partial charge is 0.338 e. The van der Waals surface area contributed by atoms with Crippen molar-refractivity contribution in [2.45, 2.75) is 4.21 Å². The summed E-state index contributed by atoms with van der Waals surface area (Å²) in [5.41, 5.74) is -0.522. The van der Waals surface area contributed by atoms with Crippen LogP contribution in [0.2, 0.25) is 4.34 Å². The van der Waals surface area contributed by atoms with Crippen LogP contribution in [-0.2, 0) is 14.8 Å². The van der Waals surface area contributed by atoms with Gasteiger partial charge in [-0.2, -0.15) is 4.31 Å². The number of carboxylic acid groups (broad SMARTS) is 1. The van der Waals surface area contributed by atoms with Gasteiger partial charge in [-0.15, -0.1) is 11.3 Å². The van der Waals surface area contributed by atoms with E-state index in [0.717, 1.165) is 21.7 Å². The number of nitrogens with one attached hydrogen (secondary N) is 1. The maximum atomic E-state index is 12.6. The number of hydrogen-bond donors (Lipinski definition) is 2. The molecule has 0 saturated heterocycles. The first kappa shape index (κ1) is 23.7. The third-order valence-corrected chi connectivity index (χ3v) is 7.41. The van der Waals surface area contributed by atoms with Crippen molar-refractivity contribution in [3.8, 4) is 17.2 Å². The van der Waals surface area contributed by atoms with E-state index in [-0.39, 0.29) is 37.0 Å². The van der Waals surface area contributed by atoms with Crippen molar-refractivity contribution in [3.63, 3.8) is 0 Å². The molecule has 13 heteroatoms. The minimum atomic E-state index is -3.96. The van der Waals surface area contributed by atoms with E-state index in [9.17, 15) is 23.1 Å². The van der Waals surface area contributed by atoms with E-state index < -0.39 is 28.4 Å². The topological polar surface area (TPSA) is 131 Å². The second kappa shape index (κ2) is 9.51. The molecule has 2 aromatic rings. The van der Waals surface area contributed by atoms with Crippen LogP contribution in [0.1, 0.15) is 10.4 Å². The Morgan fingerprint density at radius 3 is 2.27 bits per heavy atom. The average Bonchev–Trinajstić information content (AvgIpc) is 3.13. The summed E-state index contributed by atoms with van der Waals surface area (Å²) in [4.78, 5) is 24.2. The Labute approximate surface area is 182 Å². The van der Waals surface area contributed by atoms with Crippen LogP contribution in [0.15, 0.2) is 22.4 Å². The molecule has 0 radical (unpaired) electrons. The van der Waals surface area contributed by atoms with Crippen molar-refractivity contribution >= 4 is 50.5 Å². The van der Waals surface area contributed by atoms with E-state index in [1.165, 1.54) is 40.5 Å². The maximum Gasteiger partial charge on any atom is 0.338 e. The van der Waals surface area contributed by atoms with Gasteiger partial charge in [0.05, 0.1) is 37.8 Å². The molecule has 164 valence electrons. The third-order valence-electron chi connectivity index (χ3n) is 3.90. The van der Waals surface area contributed by atoms with Crippen molar-refractivity contribution in [1.29, 1.82) is 0 Å². The fourth-order valence-electron chi connectivity index (χ4n) is 2.51. The van der Waals surface area contributed by atoms with Crippen LogP contribution in [0.3, 0.4) is 0 Å². The number of hydrogen-bond acceptors (Lipinski definition) is 8. The Bertz CT molecular complexity index is 1070. The number of carbonyl (C=O) groups excluding carboxylic acids is 1. The molecule has 1 aromatic carbocycles. The molecule has 0 saturated carbocycles. The molecule has 1 aromatic heterocycles. The number of likely N-dealkylation sites (N-methyl/N-ethyl adjacent to an activating group) is 1. The summed E-state index contributed by atoms with van der Waals surface area (Å²) in [5.74, 6) is -2.10. The summed E-state index contributed by atoms with van der Waals surface area (Å²) >= 11 is 6.63. The van der Waals surface area contributed by atoms with Crippen molar-refractivity contribution in [2.75, 3.05) is 40.2 Å². The lowest BCUT2D eigenvalue weighted by molar-refractivity contribution is -0.116. The highest BCUT2D eigenvalue weighted by Gasteiger charge is 2.28. The highest BCUT2D eigenvalue weighted by molar-refractivity contribution is 7.91. The molecule has 0 bridgehead atoms. The lowest BCUT2D eigenvalue weighted by Crippen LogP contribution is -2.35. The maximum absolute atomic E-state index is 12.6. The summed E-state index contributed by atoms with van der Waals surface area (Å²) in [5, 5.41) is 11.9. The van der Waals surface area contributed by atoms with Gasteiger partial charge in [0, 0.05) is 13.1 Å². The number of sulfonamides is 1. The summed E-state index contributed by atoms with van der Waals surface area (Å²) < 4.78 is 41.7. The van der Waals surface area contributed by atoms with E-state index in [0.29, 0.717) is 0 Å². The van der Waals surface area contributed by atoms with Crippen molar-refractivity contribution in [2.24, 2.45) is 0 Å². The lowest BCUT2D eigenvalue weighted by Gasteiger charge is -2.20. The molecule has 1 amide bonds. The average molecular weight is 479 g/mol. The number of ether oxygens (including phenoxy) is 3. The van der Waals surface area contributed by atoms with Gasteiger partial charge in [-0.3, -0.25) is 4.79 Å². The number of rotatable bonds is 9. The van der Waals surface area contributed by atoms with Crippen LogP contribution in [-0.4, -0.2) is 64.6 Å². The number of nitrogens with zero attached hydrogens (tertiary/aromatic N) is 1. The monoisotopic (exact) mass is 478 g/mol. The number of carboxylic acids is 1. The normalized spacial score (nSPS) is 11.3. The van der Waals surface area contributed by atoms with Crippen LogP contribution in [0.5, 0.6) is 17.2 Å². The van der Waals surface area contributed by atoms with Crippen LogP contribution in [0, 0.1) is 0 Å². The fourth-order valence-corrected chi connectivity index (χ4v) is 5.33. The minimum Gasteiger partial charge on any atom is -0.493 e. The minimum absolute atomic E-state index is 0.0299. The number of amides is 1. The standard InChI is InChI=1S/C17H19ClN2O8S2/c1-20(30(24,25)13-6-5-11(18)29-13)8-12(21)19-14-9(17(22)23)7-10(26-2)15(27-3)16(14)28-4/h5-7H,8H2,1-4H3,(H,19,21)(H,22,23). The second-order valence-electron chi connectivity index (χ2n) is 5.74. The lowest BCUT2D eigenvalue weighted by atomic mass is 10.1. The van der Waals surface area contributed by atoms with E-state index in [4.69, 9.17) is 25.8 Å². The number of halogens is 1. The molecule has 0 aliphatic rings. The SMILES string of the molecule is COc1cc(C(=O)O)c(NC(=O)CN(C)S(=O)(=O)c2ccc(Cl)s2)c(OC)c1OC. The zero-order valence-corrected chi connectivity index (χ0v) is 18.8. The number of carbonyl (C=O) groups is 2. The Balaban J connectivity index is 2.37. The van der Waals surface area contributed by atoms with Gasteiger partial charge in [-0.05, 0) is 12.1 Å². The molecule has 0 spiro atoms. The number of aromatic carboxylic acids is 1. The van der Waals surface area contributed by atoms with Gasteiger partial charge in [0.15, 0.2) is 11.5 Å². The van der Waals surface area contributed by atoms with Gasteiger partial charge < -0.3 is 24.6 Å². The third kappa shape index (κ3) is 4.78. The molecule has 2 rings (SSSR count). The molecule has 0 atom stereocenters. The zero-order chi connectivity index (χ0) is 22.6. The zero-order valence-electron chi connectivity index (χ0n) is 16.4. The van der Waals surface area contributed by atoms with E-state index in [2.05, 4.69) is 5.32 Å². The number of benzene rings is 1. The first-order valence-electron chi connectivity index (χ1n) is 8.14. The molecule has 10 nitrogen and oxygen atoms in total. The molecule has 2 N–H and O–H groups in total. The Hall–Kier alpha value is -2.54. The van der Waals surface area contributed by atoms with Crippen LogP contribution >= 0.6 is 22.9 Å². The second-order valence-corrected chi connectivity index (χ2v) is 9.73. The predicted octanol–water partition coefficient (Wildman–Crippen LogP) is 2.38. The van der Waals surface area contributed by atoms with Crippen LogP contribution < -0.4 is 19.5 Å². The Morgan fingerprint density at radius 2 is 1.80 bits per heavy atom. The highest BCUT2D eigenvalue weighted by Crippen LogP contribution is 2.45. The number of thiophene rings is 1. The Kier molecular flexibility index (Phi) is 7.53. The van der Waals surface area contributed by atoms with Gasteiger partial charge in [0.25, 0.3) is 10.0 Å². The summed E-state index contributed by atoms with van der Waals surface area (Å²) in [6.45, 7) is -0.589. The molecule has 0 aliphatic heterocycles. The van der Waals surface area contributed by atoms with E-state index >= 15 is 0 Å². The molecule has 30 heavy (non-hydrogen) atoms. The van der Waals surface area contributed by atoms with Gasteiger partial charge in [0.2, 0.25) is 11.7 Å². The van der Waals surface area contributed by atoms with E-state index in [1.54, 1.807) is 0 Å². The van der Waals surface area contributed by atoms with E-state index in [1.807, 2.05) is 0 Å². The molecule has 1 heterocycles. The number of methoxy groups -OCH3 is 3. The van der Waals surface area contributed by atoms with Crippen molar-refractivity contribution in [1.82, 2.24) is 4.31 Å². The number of anilines is 1. The summed E-state index contributed by atoms with van der Waals surface area (Å²) in [6, 6.07) is 3.92. The largest absolute Gasteiger partial charge is 0.493 e.